The summed E-state index contributed by atoms with van der Waals surface area (Å²) in [7, 11) is 0. The van der Waals surface area contributed by atoms with Crippen LogP contribution in [-0.2, 0) is 0 Å². The van der Waals surface area contributed by atoms with Gasteiger partial charge in [0.25, 0.3) is 5.91 Å². The highest BCUT2D eigenvalue weighted by molar-refractivity contribution is 14.1. The lowest BCUT2D eigenvalue weighted by Crippen LogP contribution is -2.27. The molecule has 0 spiro atoms. The van der Waals surface area contributed by atoms with Crippen LogP contribution in [0.5, 0.6) is 0 Å². The molecule has 1 N–H and O–H groups in total. The fraction of sp³-hybridized carbons (Fsp3) is 0.300. The van der Waals surface area contributed by atoms with Crippen LogP contribution in [0.1, 0.15) is 10.4 Å². The molecule has 1 aromatic carbocycles. The van der Waals surface area contributed by atoms with E-state index in [0.717, 1.165) is 8.04 Å². The van der Waals surface area contributed by atoms with Gasteiger partial charge >= 0.3 is 5.51 Å². The predicted molar refractivity (Wildman–Crippen MR) is 77.7 cm³/mol. The van der Waals surface area contributed by atoms with E-state index in [1.807, 2.05) is 22.6 Å². The summed E-state index contributed by atoms with van der Waals surface area (Å²) in [6.07, 6.45) is 0. The standard InChI is InChI=1S/C10H8BrF3INOS/c11-6-1-2-8(15)7(5-6)9(17)16-3-4-18-10(12,13)14/h1-2,5H,3-4H2,(H,16,17). The number of nitrogens with one attached hydrogen (secondary N) is 1. The second-order valence-corrected chi connectivity index (χ2v) is 6.41. The monoisotopic (exact) mass is 453 g/mol. The highest BCUT2D eigenvalue weighted by atomic mass is 127. The Kier molecular flexibility index (Phi) is 6.25. The van der Waals surface area contributed by atoms with Gasteiger partial charge in [-0.15, -0.1) is 0 Å². The third-order valence-electron chi connectivity index (χ3n) is 1.83. The molecule has 100 valence electrons. The molecule has 0 aromatic heterocycles. The number of alkyl halides is 3. The van der Waals surface area contributed by atoms with Gasteiger partial charge in [0.05, 0.1) is 5.56 Å². The molecule has 0 radical (unpaired) electrons. The predicted octanol–water partition coefficient (Wildman–Crippen LogP) is 4.04. The van der Waals surface area contributed by atoms with Gasteiger partial charge in [0.2, 0.25) is 0 Å². The van der Waals surface area contributed by atoms with Crippen molar-refractivity contribution in [1.82, 2.24) is 5.32 Å². The van der Waals surface area contributed by atoms with Crippen molar-refractivity contribution in [3.8, 4) is 0 Å². The van der Waals surface area contributed by atoms with Gasteiger partial charge in [-0.3, -0.25) is 4.79 Å². The van der Waals surface area contributed by atoms with Crippen LogP contribution >= 0.6 is 50.3 Å². The topological polar surface area (TPSA) is 29.1 Å². The zero-order valence-corrected chi connectivity index (χ0v) is 13.4. The van der Waals surface area contributed by atoms with Gasteiger partial charge in [-0.05, 0) is 52.6 Å². The maximum absolute atomic E-state index is 11.9. The first kappa shape index (κ1) is 16.1. The van der Waals surface area contributed by atoms with Gasteiger partial charge in [0.1, 0.15) is 0 Å². The number of benzene rings is 1. The Hall–Kier alpha value is 0.0400. The third kappa shape index (κ3) is 5.79. The van der Waals surface area contributed by atoms with Gasteiger partial charge in [0, 0.05) is 20.3 Å². The van der Waals surface area contributed by atoms with Gasteiger partial charge in [-0.2, -0.15) is 13.2 Å². The number of carbonyl (C=O) groups excluding carboxylic acids is 1. The third-order valence-corrected chi connectivity index (χ3v) is 4.00. The van der Waals surface area contributed by atoms with Gasteiger partial charge in [-0.1, -0.05) is 15.9 Å². The first-order chi connectivity index (χ1) is 8.29. The molecule has 2 nitrogen and oxygen atoms in total. The summed E-state index contributed by atoms with van der Waals surface area (Å²) in [5, 5.41) is 2.45. The summed E-state index contributed by atoms with van der Waals surface area (Å²) in [6.45, 7) is -0.0222. The number of hydrogen-bond acceptors (Lipinski definition) is 2. The zero-order valence-electron chi connectivity index (χ0n) is 8.85. The normalized spacial score (nSPS) is 11.4. The Morgan fingerprint density at radius 2 is 2.11 bits per heavy atom. The number of halogens is 5. The first-order valence-electron chi connectivity index (χ1n) is 4.73. The maximum Gasteiger partial charge on any atom is 0.441 e. The second-order valence-electron chi connectivity index (χ2n) is 3.17. The SMILES string of the molecule is O=C(NCCSC(F)(F)F)c1cc(Br)ccc1I. The number of rotatable bonds is 4. The van der Waals surface area contributed by atoms with Crippen molar-refractivity contribution in [2.45, 2.75) is 5.51 Å². The Morgan fingerprint density at radius 1 is 1.44 bits per heavy atom. The Balaban J connectivity index is 2.48. The molecule has 0 fully saturated rings. The van der Waals surface area contributed by atoms with Crippen LogP contribution in [0.25, 0.3) is 0 Å². The molecular formula is C10H8BrF3INOS. The molecule has 0 heterocycles. The molecule has 1 aromatic rings. The van der Waals surface area contributed by atoms with E-state index in [1.54, 1.807) is 18.2 Å². The minimum Gasteiger partial charge on any atom is -0.351 e. The zero-order chi connectivity index (χ0) is 13.8. The van der Waals surface area contributed by atoms with E-state index in [4.69, 9.17) is 0 Å². The smallest absolute Gasteiger partial charge is 0.351 e. The van der Waals surface area contributed by atoms with E-state index >= 15 is 0 Å². The van der Waals surface area contributed by atoms with Crippen LogP contribution in [0, 0.1) is 3.57 Å². The maximum atomic E-state index is 11.9. The van der Waals surface area contributed by atoms with Crippen molar-refractivity contribution >= 4 is 56.2 Å². The Labute approximate surface area is 128 Å². The van der Waals surface area contributed by atoms with Crippen LogP contribution < -0.4 is 5.32 Å². The van der Waals surface area contributed by atoms with E-state index in [-0.39, 0.29) is 30.0 Å². The molecule has 0 bridgehead atoms. The van der Waals surface area contributed by atoms with E-state index in [2.05, 4.69) is 21.2 Å². The van der Waals surface area contributed by atoms with Crippen molar-refractivity contribution < 1.29 is 18.0 Å². The summed E-state index contributed by atoms with van der Waals surface area (Å²) in [5.74, 6) is -0.566. The van der Waals surface area contributed by atoms with E-state index < -0.39 is 5.51 Å². The summed E-state index contributed by atoms with van der Waals surface area (Å²) < 4.78 is 37.1. The van der Waals surface area contributed by atoms with Crippen LogP contribution in [0.4, 0.5) is 13.2 Å². The van der Waals surface area contributed by atoms with Crippen molar-refractivity contribution in [3.05, 3.63) is 31.8 Å². The summed E-state index contributed by atoms with van der Waals surface area (Å²) in [4.78, 5) is 11.7. The van der Waals surface area contributed by atoms with E-state index in [1.165, 1.54) is 0 Å². The molecule has 0 saturated heterocycles. The molecule has 1 rings (SSSR count). The largest absolute Gasteiger partial charge is 0.441 e. The minimum atomic E-state index is -4.26. The van der Waals surface area contributed by atoms with Crippen molar-refractivity contribution in [2.75, 3.05) is 12.3 Å². The summed E-state index contributed by atoms with van der Waals surface area (Å²) in [5.41, 5.74) is -3.81. The molecule has 0 aliphatic rings. The van der Waals surface area contributed by atoms with Crippen LogP contribution in [-0.4, -0.2) is 23.7 Å². The molecule has 0 unspecified atom stereocenters. The second kappa shape index (κ2) is 6.99. The van der Waals surface area contributed by atoms with Gasteiger partial charge in [-0.25, -0.2) is 0 Å². The Morgan fingerprint density at radius 3 is 2.72 bits per heavy atom. The molecule has 8 heteroatoms. The fourth-order valence-corrected chi connectivity index (χ4v) is 2.48. The van der Waals surface area contributed by atoms with Crippen LogP contribution in [0.3, 0.4) is 0 Å². The minimum absolute atomic E-state index is 0.0222. The lowest BCUT2D eigenvalue weighted by atomic mass is 10.2. The van der Waals surface area contributed by atoms with Gasteiger partial charge in [0.15, 0.2) is 0 Å². The van der Waals surface area contributed by atoms with Crippen molar-refractivity contribution in [1.29, 1.82) is 0 Å². The first-order valence-corrected chi connectivity index (χ1v) is 7.59. The summed E-state index contributed by atoms with van der Waals surface area (Å²) >= 11 is 5.09. The van der Waals surface area contributed by atoms with E-state index in [9.17, 15) is 18.0 Å². The van der Waals surface area contributed by atoms with Crippen molar-refractivity contribution in [2.24, 2.45) is 0 Å². The van der Waals surface area contributed by atoms with Crippen LogP contribution in [0.2, 0.25) is 0 Å². The molecule has 0 saturated carbocycles. The molecule has 1 amide bonds. The number of amides is 1. The average molecular weight is 454 g/mol. The van der Waals surface area contributed by atoms with Crippen LogP contribution in [0.15, 0.2) is 22.7 Å². The lowest BCUT2D eigenvalue weighted by molar-refractivity contribution is -0.0327. The summed E-state index contributed by atoms with van der Waals surface area (Å²) in [6, 6.07) is 5.18. The number of thioether (sulfide) groups is 1. The highest BCUT2D eigenvalue weighted by Crippen LogP contribution is 2.29. The molecule has 0 aliphatic carbocycles. The Bertz CT molecular complexity index is 442. The number of carbonyl (C=O) groups is 1. The number of hydrogen-bond donors (Lipinski definition) is 1. The van der Waals surface area contributed by atoms with Crippen molar-refractivity contribution in [3.63, 3.8) is 0 Å². The molecule has 0 atom stereocenters. The average Bonchev–Trinajstić information content (AvgIpc) is 2.26. The molecular weight excluding hydrogens is 446 g/mol. The highest BCUT2D eigenvalue weighted by Gasteiger charge is 2.27. The van der Waals surface area contributed by atoms with E-state index in [0.29, 0.717) is 5.56 Å². The fourth-order valence-electron chi connectivity index (χ4n) is 1.10. The quantitative estimate of drug-likeness (QED) is 0.550. The lowest BCUT2D eigenvalue weighted by Gasteiger charge is -2.08. The molecule has 18 heavy (non-hydrogen) atoms. The molecule has 0 aliphatic heterocycles. The van der Waals surface area contributed by atoms with Gasteiger partial charge < -0.3 is 5.32 Å².